The fourth-order valence-corrected chi connectivity index (χ4v) is 1.06. The molecule has 1 aromatic heterocycles. The topological polar surface area (TPSA) is 51.6 Å². The van der Waals surface area contributed by atoms with E-state index in [1.165, 1.54) is 0 Å². The van der Waals surface area contributed by atoms with E-state index in [9.17, 15) is 0 Å². The van der Waals surface area contributed by atoms with E-state index < -0.39 is 0 Å². The molecule has 0 bridgehead atoms. The Hall–Kier alpha value is -1.13. The number of ether oxygens (including phenoxy) is 2. The Labute approximate surface area is 89.9 Å². The molecular formula is C11H17NO3. The molecule has 0 spiro atoms. The SMILES string of the molecule is CC(C)OCCOc1cc(CO)ccn1. The highest BCUT2D eigenvalue weighted by Crippen LogP contribution is 2.08. The molecule has 0 saturated heterocycles. The van der Waals surface area contributed by atoms with E-state index in [0.29, 0.717) is 19.1 Å². The highest BCUT2D eigenvalue weighted by molar-refractivity contribution is 5.19. The molecule has 1 rings (SSSR count). The van der Waals surface area contributed by atoms with Gasteiger partial charge in [-0.15, -0.1) is 0 Å². The summed E-state index contributed by atoms with van der Waals surface area (Å²) in [7, 11) is 0. The van der Waals surface area contributed by atoms with Gasteiger partial charge in [0, 0.05) is 12.3 Å². The lowest BCUT2D eigenvalue weighted by molar-refractivity contribution is 0.0542. The van der Waals surface area contributed by atoms with Crippen molar-refractivity contribution in [3.63, 3.8) is 0 Å². The summed E-state index contributed by atoms with van der Waals surface area (Å²) >= 11 is 0. The molecule has 0 atom stereocenters. The van der Waals surface area contributed by atoms with Crippen molar-refractivity contribution < 1.29 is 14.6 Å². The standard InChI is InChI=1S/C11H17NO3/c1-9(2)14-5-6-15-11-7-10(8-13)3-4-12-11/h3-4,7,9,13H,5-6,8H2,1-2H3. The quantitative estimate of drug-likeness (QED) is 0.722. The second kappa shape index (κ2) is 6.37. The minimum Gasteiger partial charge on any atom is -0.475 e. The Kier molecular flexibility index (Phi) is 5.07. The molecule has 0 amide bonds. The van der Waals surface area contributed by atoms with Gasteiger partial charge < -0.3 is 14.6 Å². The van der Waals surface area contributed by atoms with Gasteiger partial charge in [-0.2, -0.15) is 0 Å². The van der Waals surface area contributed by atoms with Crippen LogP contribution in [-0.2, 0) is 11.3 Å². The molecule has 84 valence electrons. The summed E-state index contributed by atoms with van der Waals surface area (Å²) in [5, 5.41) is 8.90. The summed E-state index contributed by atoms with van der Waals surface area (Å²) in [6.07, 6.45) is 1.83. The Bertz CT molecular complexity index is 289. The van der Waals surface area contributed by atoms with Crippen LogP contribution in [0.15, 0.2) is 18.3 Å². The third-order valence-corrected chi connectivity index (χ3v) is 1.77. The lowest BCUT2D eigenvalue weighted by atomic mass is 10.3. The summed E-state index contributed by atoms with van der Waals surface area (Å²) in [5.41, 5.74) is 0.796. The lowest BCUT2D eigenvalue weighted by Crippen LogP contribution is -2.11. The zero-order chi connectivity index (χ0) is 11.1. The number of aromatic nitrogens is 1. The molecule has 0 aliphatic heterocycles. The van der Waals surface area contributed by atoms with Crippen LogP contribution in [0.5, 0.6) is 5.88 Å². The van der Waals surface area contributed by atoms with Crippen molar-refractivity contribution in [1.82, 2.24) is 4.98 Å². The van der Waals surface area contributed by atoms with E-state index >= 15 is 0 Å². The van der Waals surface area contributed by atoms with Crippen LogP contribution in [0.2, 0.25) is 0 Å². The first-order valence-electron chi connectivity index (χ1n) is 5.02. The summed E-state index contributed by atoms with van der Waals surface area (Å²) in [4.78, 5) is 4.02. The van der Waals surface area contributed by atoms with Gasteiger partial charge in [-0.05, 0) is 25.5 Å². The van der Waals surface area contributed by atoms with Gasteiger partial charge >= 0.3 is 0 Å². The van der Waals surface area contributed by atoms with Crippen LogP contribution in [0.25, 0.3) is 0 Å². The average Bonchev–Trinajstić information content (AvgIpc) is 2.24. The van der Waals surface area contributed by atoms with Crippen LogP contribution in [0.1, 0.15) is 19.4 Å². The van der Waals surface area contributed by atoms with Gasteiger partial charge in [0.05, 0.1) is 19.3 Å². The summed E-state index contributed by atoms with van der Waals surface area (Å²) in [6.45, 7) is 4.97. The molecule has 1 aromatic rings. The second-order valence-corrected chi connectivity index (χ2v) is 3.43. The van der Waals surface area contributed by atoms with Gasteiger partial charge in [0.2, 0.25) is 5.88 Å². The van der Waals surface area contributed by atoms with Crippen LogP contribution < -0.4 is 4.74 Å². The molecule has 1 heterocycles. The van der Waals surface area contributed by atoms with Crippen molar-refractivity contribution >= 4 is 0 Å². The van der Waals surface area contributed by atoms with Crippen molar-refractivity contribution in [3.8, 4) is 5.88 Å². The number of pyridine rings is 1. The van der Waals surface area contributed by atoms with Crippen molar-refractivity contribution in [2.45, 2.75) is 26.6 Å². The van der Waals surface area contributed by atoms with Gasteiger partial charge in [0.1, 0.15) is 6.61 Å². The van der Waals surface area contributed by atoms with E-state index in [1.54, 1.807) is 18.3 Å². The normalized spacial score (nSPS) is 10.7. The molecule has 0 unspecified atom stereocenters. The Morgan fingerprint density at radius 2 is 2.20 bits per heavy atom. The van der Waals surface area contributed by atoms with Crippen molar-refractivity contribution in [2.24, 2.45) is 0 Å². The number of aliphatic hydroxyl groups is 1. The van der Waals surface area contributed by atoms with Crippen LogP contribution in [0, 0.1) is 0 Å². The van der Waals surface area contributed by atoms with Crippen LogP contribution >= 0.6 is 0 Å². The third kappa shape index (κ3) is 4.76. The maximum atomic E-state index is 8.90. The number of rotatable bonds is 6. The monoisotopic (exact) mass is 211 g/mol. The molecule has 0 radical (unpaired) electrons. The van der Waals surface area contributed by atoms with Gasteiger partial charge in [-0.3, -0.25) is 0 Å². The fraction of sp³-hybridized carbons (Fsp3) is 0.545. The van der Waals surface area contributed by atoms with Gasteiger partial charge in [-0.1, -0.05) is 0 Å². The molecule has 0 aliphatic carbocycles. The van der Waals surface area contributed by atoms with E-state index in [1.807, 2.05) is 13.8 Å². The Balaban J connectivity index is 2.30. The minimum absolute atomic E-state index is 0.00136. The molecule has 15 heavy (non-hydrogen) atoms. The highest BCUT2D eigenvalue weighted by Gasteiger charge is 1.98. The number of hydrogen-bond donors (Lipinski definition) is 1. The number of aliphatic hydroxyl groups excluding tert-OH is 1. The molecule has 4 heteroatoms. The maximum Gasteiger partial charge on any atom is 0.213 e. The van der Waals surface area contributed by atoms with Crippen molar-refractivity contribution in [2.75, 3.05) is 13.2 Å². The van der Waals surface area contributed by atoms with Crippen LogP contribution in [0.3, 0.4) is 0 Å². The average molecular weight is 211 g/mol. The Morgan fingerprint density at radius 1 is 1.40 bits per heavy atom. The zero-order valence-electron chi connectivity index (χ0n) is 9.14. The first-order chi connectivity index (χ1) is 7.22. The first-order valence-corrected chi connectivity index (χ1v) is 5.02. The highest BCUT2D eigenvalue weighted by atomic mass is 16.5. The molecule has 0 aliphatic rings. The first kappa shape index (κ1) is 11.9. The molecular weight excluding hydrogens is 194 g/mol. The van der Waals surface area contributed by atoms with E-state index in [2.05, 4.69) is 4.98 Å². The van der Waals surface area contributed by atoms with Gasteiger partial charge in [-0.25, -0.2) is 4.98 Å². The summed E-state index contributed by atoms with van der Waals surface area (Å²) < 4.78 is 10.7. The molecule has 0 fully saturated rings. The van der Waals surface area contributed by atoms with Crippen LogP contribution in [-0.4, -0.2) is 29.4 Å². The lowest BCUT2D eigenvalue weighted by Gasteiger charge is -2.08. The van der Waals surface area contributed by atoms with E-state index in [-0.39, 0.29) is 12.7 Å². The molecule has 4 nitrogen and oxygen atoms in total. The summed E-state index contributed by atoms with van der Waals surface area (Å²) in [5.74, 6) is 0.522. The van der Waals surface area contributed by atoms with E-state index in [0.717, 1.165) is 5.56 Å². The Morgan fingerprint density at radius 3 is 2.87 bits per heavy atom. The fourth-order valence-electron chi connectivity index (χ4n) is 1.06. The predicted octanol–water partition coefficient (Wildman–Crippen LogP) is 1.38. The number of nitrogens with zero attached hydrogens (tertiary/aromatic N) is 1. The van der Waals surface area contributed by atoms with Gasteiger partial charge in [0.25, 0.3) is 0 Å². The van der Waals surface area contributed by atoms with Gasteiger partial charge in [0.15, 0.2) is 0 Å². The van der Waals surface area contributed by atoms with Crippen molar-refractivity contribution in [3.05, 3.63) is 23.9 Å². The maximum absolute atomic E-state index is 8.90. The van der Waals surface area contributed by atoms with Crippen molar-refractivity contribution in [1.29, 1.82) is 0 Å². The molecule has 0 saturated carbocycles. The predicted molar refractivity (Wildman–Crippen MR) is 56.7 cm³/mol. The minimum atomic E-state index is 0.00136. The van der Waals surface area contributed by atoms with Crippen LogP contribution in [0.4, 0.5) is 0 Å². The molecule has 1 N–H and O–H groups in total. The largest absolute Gasteiger partial charge is 0.475 e. The zero-order valence-corrected chi connectivity index (χ0v) is 9.14. The molecule has 0 aromatic carbocycles. The van der Waals surface area contributed by atoms with E-state index in [4.69, 9.17) is 14.6 Å². The smallest absolute Gasteiger partial charge is 0.213 e. The number of hydrogen-bond acceptors (Lipinski definition) is 4. The summed E-state index contributed by atoms with van der Waals surface area (Å²) in [6, 6.07) is 3.47. The second-order valence-electron chi connectivity index (χ2n) is 3.43. The third-order valence-electron chi connectivity index (χ3n) is 1.77.